The van der Waals surface area contributed by atoms with Gasteiger partial charge in [-0.3, -0.25) is 0 Å². The van der Waals surface area contributed by atoms with Crippen molar-refractivity contribution in [3.05, 3.63) is 59.4 Å². The average molecular weight is 335 g/mol. The van der Waals surface area contributed by atoms with Gasteiger partial charge < -0.3 is 16.6 Å². The first kappa shape index (κ1) is 16.4. The molecule has 0 aliphatic carbocycles. The molecule has 0 spiro atoms. The van der Waals surface area contributed by atoms with Crippen molar-refractivity contribution in [1.82, 2.24) is 9.97 Å². The second kappa shape index (κ2) is 6.55. The molecule has 5 N–H and O–H groups in total. The maximum Gasteiger partial charge on any atom is 0.166 e. The van der Waals surface area contributed by atoms with E-state index in [-0.39, 0.29) is 28.5 Å². The fourth-order valence-corrected chi connectivity index (χ4v) is 2.45. The normalized spacial score (nSPS) is 10.4. The third-order valence-electron chi connectivity index (χ3n) is 3.68. The lowest BCUT2D eigenvalue weighted by atomic mass is 10.0. The number of nitrogens with zero attached hydrogens (tertiary/aromatic N) is 3. The van der Waals surface area contributed by atoms with Gasteiger partial charge in [0, 0.05) is 12.1 Å². The van der Waals surface area contributed by atoms with Crippen LogP contribution in [-0.2, 0) is 6.54 Å². The van der Waals surface area contributed by atoms with Crippen LogP contribution in [-0.4, -0.2) is 15.1 Å². The average Bonchev–Trinajstić information content (AvgIpc) is 2.63. The van der Waals surface area contributed by atoms with Crippen molar-refractivity contribution < 1.29 is 9.50 Å². The molecule has 0 fully saturated rings. The molecule has 2 aromatic carbocycles. The number of phenols is 1. The van der Waals surface area contributed by atoms with Crippen molar-refractivity contribution in [3.8, 4) is 34.5 Å². The summed E-state index contributed by atoms with van der Waals surface area (Å²) >= 11 is 0. The summed E-state index contributed by atoms with van der Waals surface area (Å²) in [7, 11) is 0. The number of benzene rings is 2. The van der Waals surface area contributed by atoms with Crippen LogP contribution in [0.15, 0.2) is 42.5 Å². The van der Waals surface area contributed by atoms with E-state index in [1.165, 1.54) is 6.07 Å². The summed E-state index contributed by atoms with van der Waals surface area (Å²) in [4.78, 5) is 8.38. The van der Waals surface area contributed by atoms with Crippen molar-refractivity contribution in [2.24, 2.45) is 5.73 Å². The molecular weight excluding hydrogens is 321 g/mol. The molecule has 0 aliphatic heterocycles. The molecule has 0 radical (unpaired) electrons. The predicted molar refractivity (Wildman–Crippen MR) is 91.5 cm³/mol. The molecule has 0 atom stereocenters. The molecule has 3 rings (SSSR count). The van der Waals surface area contributed by atoms with Crippen molar-refractivity contribution in [3.63, 3.8) is 0 Å². The van der Waals surface area contributed by atoms with Crippen LogP contribution in [0.2, 0.25) is 0 Å². The summed E-state index contributed by atoms with van der Waals surface area (Å²) < 4.78 is 13.5. The SMILES string of the molecule is N#Cc1c(N)nc(-c2cc(F)ccc2O)nc1-c1cccc(CN)c1. The van der Waals surface area contributed by atoms with Crippen LogP contribution in [0.25, 0.3) is 22.6 Å². The van der Waals surface area contributed by atoms with Gasteiger partial charge >= 0.3 is 0 Å². The minimum absolute atomic E-state index is 0.0293. The Morgan fingerprint density at radius 3 is 2.68 bits per heavy atom. The highest BCUT2D eigenvalue weighted by molar-refractivity contribution is 5.76. The fourth-order valence-electron chi connectivity index (χ4n) is 2.45. The first-order chi connectivity index (χ1) is 12.0. The van der Waals surface area contributed by atoms with E-state index >= 15 is 0 Å². The van der Waals surface area contributed by atoms with Crippen LogP contribution in [0.1, 0.15) is 11.1 Å². The van der Waals surface area contributed by atoms with E-state index in [0.717, 1.165) is 17.7 Å². The minimum atomic E-state index is -0.550. The number of rotatable bonds is 3. The van der Waals surface area contributed by atoms with E-state index in [0.29, 0.717) is 17.8 Å². The first-order valence-electron chi connectivity index (χ1n) is 7.39. The Hall–Kier alpha value is -3.50. The van der Waals surface area contributed by atoms with Gasteiger partial charge in [0.1, 0.15) is 29.0 Å². The maximum absolute atomic E-state index is 13.5. The van der Waals surface area contributed by atoms with Crippen LogP contribution in [0.3, 0.4) is 0 Å². The molecule has 124 valence electrons. The smallest absolute Gasteiger partial charge is 0.166 e. The maximum atomic E-state index is 13.5. The monoisotopic (exact) mass is 335 g/mol. The number of hydrogen-bond donors (Lipinski definition) is 3. The Labute approximate surface area is 143 Å². The van der Waals surface area contributed by atoms with Crippen molar-refractivity contribution in [1.29, 1.82) is 5.26 Å². The number of nitriles is 1. The molecule has 0 unspecified atom stereocenters. The third kappa shape index (κ3) is 3.11. The molecule has 0 bridgehead atoms. The molecule has 3 aromatic rings. The highest BCUT2D eigenvalue weighted by Gasteiger charge is 2.17. The quantitative estimate of drug-likeness (QED) is 0.676. The van der Waals surface area contributed by atoms with Crippen molar-refractivity contribution >= 4 is 5.82 Å². The molecular formula is C18H14FN5O. The summed E-state index contributed by atoms with van der Waals surface area (Å²) in [6.45, 7) is 0.327. The van der Waals surface area contributed by atoms with E-state index in [2.05, 4.69) is 9.97 Å². The van der Waals surface area contributed by atoms with E-state index < -0.39 is 5.82 Å². The third-order valence-corrected chi connectivity index (χ3v) is 3.68. The number of hydrogen-bond acceptors (Lipinski definition) is 6. The van der Waals surface area contributed by atoms with Gasteiger partial charge in [0.05, 0.1) is 11.3 Å². The number of nitrogens with two attached hydrogens (primary N) is 2. The summed E-state index contributed by atoms with van der Waals surface area (Å²) in [6.07, 6.45) is 0. The lowest BCUT2D eigenvalue weighted by molar-refractivity contribution is 0.475. The molecule has 1 heterocycles. The Balaban J connectivity index is 2.26. The topological polar surface area (TPSA) is 122 Å². The lowest BCUT2D eigenvalue weighted by Gasteiger charge is -2.11. The zero-order chi connectivity index (χ0) is 18.0. The van der Waals surface area contributed by atoms with Gasteiger partial charge in [0.25, 0.3) is 0 Å². The van der Waals surface area contributed by atoms with Crippen LogP contribution < -0.4 is 11.5 Å². The Morgan fingerprint density at radius 2 is 1.96 bits per heavy atom. The molecule has 0 saturated heterocycles. The lowest BCUT2D eigenvalue weighted by Crippen LogP contribution is -2.04. The predicted octanol–water partition coefficient (Wildman–Crippen LogP) is 2.57. The van der Waals surface area contributed by atoms with Gasteiger partial charge in [-0.25, -0.2) is 14.4 Å². The van der Waals surface area contributed by atoms with E-state index in [1.54, 1.807) is 18.2 Å². The van der Waals surface area contributed by atoms with Gasteiger partial charge in [0.15, 0.2) is 5.82 Å². The molecule has 7 heteroatoms. The Bertz CT molecular complexity index is 997. The van der Waals surface area contributed by atoms with E-state index in [9.17, 15) is 14.8 Å². The molecule has 0 aliphatic rings. The largest absolute Gasteiger partial charge is 0.507 e. The Kier molecular flexibility index (Phi) is 4.29. The van der Waals surface area contributed by atoms with Gasteiger partial charge in [-0.05, 0) is 29.8 Å². The van der Waals surface area contributed by atoms with Gasteiger partial charge in [0.2, 0.25) is 0 Å². The van der Waals surface area contributed by atoms with Crippen molar-refractivity contribution in [2.45, 2.75) is 6.54 Å². The molecule has 25 heavy (non-hydrogen) atoms. The first-order valence-corrected chi connectivity index (χ1v) is 7.39. The minimum Gasteiger partial charge on any atom is -0.507 e. The summed E-state index contributed by atoms with van der Waals surface area (Å²) in [5, 5.41) is 19.4. The zero-order valence-corrected chi connectivity index (χ0v) is 13.1. The molecule has 1 aromatic heterocycles. The van der Waals surface area contributed by atoms with Gasteiger partial charge in [-0.1, -0.05) is 18.2 Å². The zero-order valence-electron chi connectivity index (χ0n) is 13.1. The number of aromatic nitrogens is 2. The number of nitrogen functional groups attached to an aromatic ring is 1. The van der Waals surface area contributed by atoms with E-state index in [1.807, 2.05) is 12.1 Å². The number of phenolic OH excluding ortho intramolecular Hbond substituents is 1. The van der Waals surface area contributed by atoms with Crippen molar-refractivity contribution in [2.75, 3.05) is 5.73 Å². The van der Waals surface area contributed by atoms with Crippen LogP contribution in [0.4, 0.5) is 10.2 Å². The number of aromatic hydroxyl groups is 1. The van der Waals surface area contributed by atoms with Crippen LogP contribution in [0.5, 0.6) is 5.75 Å². The highest BCUT2D eigenvalue weighted by Crippen LogP contribution is 2.32. The second-order valence-corrected chi connectivity index (χ2v) is 5.33. The Morgan fingerprint density at radius 1 is 1.16 bits per heavy atom. The summed E-state index contributed by atoms with van der Waals surface area (Å²) in [6, 6.07) is 12.6. The van der Waals surface area contributed by atoms with Crippen LogP contribution in [0, 0.1) is 17.1 Å². The van der Waals surface area contributed by atoms with Crippen LogP contribution >= 0.6 is 0 Å². The van der Waals surface area contributed by atoms with E-state index in [4.69, 9.17) is 11.5 Å². The highest BCUT2D eigenvalue weighted by atomic mass is 19.1. The van der Waals surface area contributed by atoms with Gasteiger partial charge in [-0.2, -0.15) is 5.26 Å². The standard InChI is InChI=1S/C18H14FN5O/c19-12-4-5-15(25)13(7-12)18-23-16(14(9-21)17(22)24-18)11-3-1-2-10(6-11)8-20/h1-7,25H,8,20H2,(H2,22,23,24). The summed E-state index contributed by atoms with van der Waals surface area (Å²) in [5.41, 5.74) is 13.5. The number of anilines is 1. The summed E-state index contributed by atoms with van der Waals surface area (Å²) in [5.74, 6) is -0.760. The number of halogens is 1. The van der Waals surface area contributed by atoms with Gasteiger partial charge in [-0.15, -0.1) is 0 Å². The molecule has 0 saturated carbocycles. The molecule has 6 nitrogen and oxygen atoms in total. The molecule has 0 amide bonds. The second-order valence-electron chi connectivity index (χ2n) is 5.33. The fraction of sp³-hybridized carbons (Fsp3) is 0.0556.